The molecule has 0 saturated carbocycles. The minimum Gasteiger partial charge on any atom is -0.480 e. The molecule has 0 unspecified atom stereocenters. The number of nitrogens with two attached hydrogens (primary N) is 1. The molecule has 0 aliphatic rings. The summed E-state index contributed by atoms with van der Waals surface area (Å²) in [6.07, 6.45) is -0.152. The first-order valence-electron chi connectivity index (χ1n) is 6.18. The predicted molar refractivity (Wildman–Crippen MR) is 79.4 cm³/mol. The Labute approximate surface area is 130 Å². The maximum Gasteiger partial charge on any atom is 0.326 e. The van der Waals surface area contributed by atoms with Crippen LogP contribution in [0.2, 0.25) is 0 Å². The second-order valence-corrected chi connectivity index (χ2v) is 5.26. The highest BCUT2D eigenvalue weighted by atomic mass is 79.9. The Morgan fingerprint density at radius 3 is 2.38 bits per heavy atom. The SMILES string of the molecule is NC(=O)CC[C@@H](NC(=O)NCc1ccc(Br)cc1)C(=O)O. The molecule has 1 aromatic carbocycles. The molecule has 0 aliphatic heterocycles. The molecule has 0 saturated heterocycles. The molecule has 114 valence electrons. The number of carboxylic acid groups (broad SMARTS) is 1. The third-order valence-corrected chi connectivity index (χ3v) is 3.18. The maximum atomic E-state index is 11.6. The van der Waals surface area contributed by atoms with Gasteiger partial charge in [0, 0.05) is 17.4 Å². The minimum absolute atomic E-state index is 0.0453. The van der Waals surface area contributed by atoms with Gasteiger partial charge in [0.05, 0.1) is 0 Å². The summed E-state index contributed by atoms with van der Waals surface area (Å²) in [5, 5.41) is 13.8. The molecule has 3 amide bonds. The Morgan fingerprint density at radius 1 is 1.24 bits per heavy atom. The second-order valence-electron chi connectivity index (χ2n) is 4.35. The van der Waals surface area contributed by atoms with E-state index in [2.05, 4.69) is 26.6 Å². The Hall–Kier alpha value is -2.09. The van der Waals surface area contributed by atoms with Crippen molar-refractivity contribution < 1.29 is 19.5 Å². The van der Waals surface area contributed by atoms with Gasteiger partial charge in [0.15, 0.2) is 0 Å². The summed E-state index contributed by atoms with van der Waals surface area (Å²) in [6.45, 7) is 0.265. The van der Waals surface area contributed by atoms with Crippen molar-refractivity contribution >= 4 is 33.8 Å². The predicted octanol–water partition coefficient (Wildman–Crippen LogP) is 0.967. The first kappa shape index (κ1) is 17.0. The Kier molecular flexibility index (Phi) is 6.67. The largest absolute Gasteiger partial charge is 0.480 e. The van der Waals surface area contributed by atoms with Crippen LogP contribution in [0.15, 0.2) is 28.7 Å². The highest BCUT2D eigenvalue weighted by molar-refractivity contribution is 9.10. The molecule has 7 nitrogen and oxygen atoms in total. The van der Waals surface area contributed by atoms with Crippen molar-refractivity contribution in [1.82, 2.24) is 10.6 Å². The topological polar surface area (TPSA) is 122 Å². The van der Waals surface area contributed by atoms with Gasteiger partial charge in [-0.25, -0.2) is 9.59 Å². The smallest absolute Gasteiger partial charge is 0.326 e. The Balaban J connectivity index is 2.44. The third-order valence-electron chi connectivity index (χ3n) is 2.65. The number of hydrogen-bond acceptors (Lipinski definition) is 3. The summed E-state index contributed by atoms with van der Waals surface area (Å²) in [5.41, 5.74) is 5.83. The van der Waals surface area contributed by atoms with Crippen molar-refractivity contribution in [2.45, 2.75) is 25.4 Å². The van der Waals surface area contributed by atoms with E-state index in [1.165, 1.54) is 0 Å². The monoisotopic (exact) mass is 357 g/mol. The normalized spacial score (nSPS) is 11.5. The fraction of sp³-hybridized carbons (Fsp3) is 0.308. The molecule has 0 heterocycles. The van der Waals surface area contributed by atoms with Gasteiger partial charge in [0.1, 0.15) is 6.04 Å². The van der Waals surface area contributed by atoms with Gasteiger partial charge in [-0.15, -0.1) is 0 Å². The van der Waals surface area contributed by atoms with E-state index in [0.717, 1.165) is 10.0 Å². The first-order valence-corrected chi connectivity index (χ1v) is 6.97. The van der Waals surface area contributed by atoms with Crippen LogP contribution in [-0.4, -0.2) is 29.1 Å². The zero-order valence-corrected chi connectivity index (χ0v) is 12.7. The number of benzene rings is 1. The molecule has 1 rings (SSSR count). The number of urea groups is 1. The number of aliphatic carboxylic acids is 1. The van der Waals surface area contributed by atoms with E-state index >= 15 is 0 Å². The van der Waals surface area contributed by atoms with E-state index < -0.39 is 23.9 Å². The van der Waals surface area contributed by atoms with Gasteiger partial charge < -0.3 is 21.5 Å². The maximum absolute atomic E-state index is 11.6. The Morgan fingerprint density at radius 2 is 1.86 bits per heavy atom. The number of amides is 3. The number of nitrogens with one attached hydrogen (secondary N) is 2. The van der Waals surface area contributed by atoms with Crippen LogP contribution in [-0.2, 0) is 16.1 Å². The lowest BCUT2D eigenvalue weighted by atomic mass is 10.1. The lowest BCUT2D eigenvalue weighted by Gasteiger charge is -2.14. The lowest BCUT2D eigenvalue weighted by Crippen LogP contribution is -2.46. The minimum atomic E-state index is -1.21. The number of hydrogen-bond donors (Lipinski definition) is 4. The van der Waals surface area contributed by atoms with Crippen molar-refractivity contribution in [3.05, 3.63) is 34.3 Å². The molecule has 0 bridgehead atoms. The summed E-state index contributed by atoms with van der Waals surface area (Å²) >= 11 is 3.30. The number of carbonyl (C=O) groups is 3. The van der Waals surface area contributed by atoms with Gasteiger partial charge in [-0.05, 0) is 24.1 Å². The van der Waals surface area contributed by atoms with Crippen LogP contribution < -0.4 is 16.4 Å². The fourth-order valence-corrected chi connectivity index (χ4v) is 1.80. The van der Waals surface area contributed by atoms with Crippen LogP contribution in [0.1, 0.15) is 18.4 Å². The third kappa shape index (κ3) is 6.75. The quantitative estimate of drug-likeness (QED) is 0.580. The van der Waals surface area contributed by atoms with Crippen molar-refractivity contribution in [1.29, 1.82) is 0 Å². The van der Waals surface area contributed by atoms with Gasteiger partial charge in [0.25, 0.3) is 0 Å². The van der Waals surface area contributed by atoms with Gasteiger partial charge >= 0.3 is 12.0 Å². The van der Waals surface area contributed by atoms with Crippen molar-refractivity contribution in [3.63, 3.8) is 0 Å². The molecule has 1 aromatic rings. The molecule has 5 N–H and O–H groups in total. The lowest BCUT2D eigenvalue weighted by molar-refractivity contribution is -0.139. The summed E-state index contributed by atoms with van der Waals surface area (Å²) in [5.74, 6) is -1.83. The summed E-state index contributed by atoms with van der Waals surface area (Å²) < 4.78 is 0.924. The van der Waals surface area contributed by atoms with Gasteiger partial charge in [0.2, 0.25) is 5.91 Å². The van der Waals surface area contributed by atoms with E-state index in [1.54, 1.807) is 0 Å². The molecule has 0 aromatic heterocycles. The molecular weight excluding hydrogens is 342 g/mol. The van der Waals surface area contributed by atoms with Crippen LogP contribution in [0.3, 0.4) is 0 Å². The van der Waals surface area contributed by atoms with E-state index in [1.807, 2.05) is 24.3 Å². The number of rotatable bonds is 7. The molecule has 0 radical (unpaired) electrons. The Bertz CT molecular complexity index is 519. The molecule has 1 atom stereocenters. The molecule has 0 aliphatic carbocycles. The number of halogens is 1. The molecule has 8 heteroatoms. The highest BCUT2D eigenvalue weighted by Crippen LogP contribution is 2.10. The standard InChI is InChI=1S/C13H16BrN3O4/c14-9-3-1-8(2-4-9)7-16-13(21)17-10(12(19)20)5-6-11(15)18/h1-4,10H,5-7H2,(H2,15,18)(H,19,20)(H2,16,17,21)/t10-/m1/s1. The zero-order valence-electron chi connectivity index (χ0n) is 11.1. The van der Waals surface area contributed by atoms with Crippen LogP contribution >= 0.6 is 15.9 Å². The summed E-state index contributed by atoms with van der Waals surface area (Å²) in [4.78, 5) is 33.2. The molecule has 21 heavy (non-hydrogen) atoms. The van der Waals surface area contributed by atoms with E-state index in [-0.39, 0.29) is 19.4 Å². The van der Waals surface area contributed by atoms with Crippen molar-refractivity contribution in [3.8, 4) is 0 Å². The summed E-state index contributed by atoms with van der Waals surface area (Å²) in [6, 6.07) is 5.55. The van der Waals surface area contributed by atoms with Crippen molar-refractivity contribution in [2.24, 2.45) is 5.73 Å². The van der Waals surface area contributed by atoms with Crippen LogP contribution in [0.25, 0.3) is 0 Å². The van der Waals surface area contributed by atoms with Crippen LogP contribution in [0.5, 0.6) is 0 Å². The number of carboxylic acids is 1. The van der Waals surface area contributed by atoms with Gasteiger partial charge in [-0.2, -0.15) is 0 Å². The molecule has 0 spiro atoms. The van der Waals surface area contributed by atoms with E-state index in [4.69, 9.17) is 10.8 Å². The average molecular weight is 358 g/mol. The highest BCUT2D eigenvalue weighted by Gasteiger charge is 2.20. The number of carbonyl (C=O) groups excluding carboxylic acids is 2. The van der Waals surface area contributed by atoms with E-state index in [9.17, 15) is 14.4 Å². The van der Waals surface area contributed by atoms with Crippen molar-refractivity contribution in [2.75, 3.05) is 0 Å². The van der Waals surface area contributed by atoms with Crippen LogP contribution in [0.4, 0.5) is 4.79 Å². The van der Waals surface area contributed by atoms with Crippen LogP contribution in [0, 0.1) is 0 Å². The first-order chi connectivity index (χ1) is 9.88. The zero-order chi connectivity index (χ0) is 15.8. The number of primary amides is 1. The van der Waals surface area contributed by atoms with Gasteiger partial charge in [-0.3, -0.25) is 4.79 Å². The van der Waals surface area contributed by atoms with Gasteiger partial charge in [-0.1, -0.05) is 28.1 Å². The fourth-order valence-electron chi connectivity index (χ4n) is 1.54. The average Bonchev–Trinajstić information content (AvgIpc) is 2.42. The summed E-state index contributed by atoms with van der Waals surface area (Å²) in [7, 11) is 0. The molecular formula is C13H16BrN3O4. The second kappa shape index (κ2) is 8.25. The van der Waals surface area contributed by atoms with E-state index in [0.29, 0.717) is 0 Å². The molecule has 0 fully saturated rings.